The normalized spacial score (nSPS) is 15.1. The van der Waals surface area contributed by atoms with Crippen molar-refractivity contribution in [1.29, 1.82) is 0 Å². The molecule has 3 heterocycles. The highest BCUT2D eigenvalue weighted by Gasteiger charge is 2.33. The zero-order valence-electron chi connectivity index (χ0n) is 21.3. The smallest absolute Gasteiger partial charge is 0.338 e. The van der Waals surface area contributed by atoms with Gasteiger partial charge in [0, 0.05) is 17.2 Å². The Morgan fingerprint density at radius 2 is 1.95 bits per heavy atom. The monoisotopic (exact) mass is 543 g/mol. The number of benzene rings is 2. The van der Waals surface area contributed by atoms with Crippen LogP contribution in [0.15, 0.2) is 86.1 Å². The molecular weight excluding hydrogens is 520 g/mol. The van der Waals surface area contributed by atoms with Gasteiger partial charge in [-0.25, -0.2) is 9.79 Å². The van der Waals surface area contributed by atoms with Gasteiger partial charge in [-0.15, -0.1) is 0 Å². The first-order valence-electron chi connectivity index (χ1n) is 12.1. The number of carboxylic acid groups (broad SMARTS) is 1. The second-order valence-electron chi connectivity index (χ2n) is 8.61. The van der Waals surface area contributed by atoms with Gasteiger partial charge in [0.1, 0.15) is 17.3 Å². The zero-order valence-corrected chi connectivity index (χ0v) is 22.1. The van der Waals surface area contributed by atoms with E-state index in [9.17, 15) is 19.5 Å². The topological polar surface area (TPSA) is 123 Å². The minimum Gasteiger partial charge on any atom is -0.545 e. The Bertz CT molecular complexity index is 1810. The molecule has 0 unspecified atom stereocenters. The third-order valence-electron chi connectivity index (χ3n) is 6.24. The zero-order chi connectivity index (χ0) is 27.7. The van der Waals surface area contributed by atoms with Crippen LogP contribution in [-0.4, -0.2) is 30.2 Å². The number of hydrogen-bond donors (Lipinski definition) is 0. The fourth-order valence-corrected chi connectivity index (χ4v) is 5.53. The van der Waals surface area contributed by atoms with Gasteiger partial charge in [-0.05, 0) is 43.7 Å². The third-order valence-corrected chi connectivity index (χ3v) is 7.22. The molecule has 198 valence electrons. The van der Waals surface area contributed by atoms with Crippen molar-refractivity contribution in [3.8, 4) is 17.1 Å². The van der Waals surface area contributed by atoms with Crippen molar-refractivity contribution in [1.82, 2.24) is 4.57 Å². The number of thiazole rings is 1. The summed E-state index contributed by atoms with van der Waals surface area (Å²) < 4.78 is 18.4. The molecule has 10 heteroatoms. The van der Waals surface area contributed by atoms with E-state index < -0.39 is 18.0 Å². The second-order valence-corrected chi connectivity index (χ2v) is 9.62. The summed E-state index contributed by atoms with van der Waals surface area (Å²) in [4.78, 5) is 43.3. The Morgan fingerprint density at radius 1 is 1.15 bits per heavy atom. The lowest BCUT2D eigenvalue weighted by Crippen LogP contribution is -2.39. The Hall–Kier alpha value is -4.70. The van der Waals surface area contributed by atoms with Crippen LogP contribution in [0.1, 0.15) is 41.6 Å². The lowest BCUT2D eigenvalue weighted by atomic mass is 9.95. The van der Waals surface area contributed by atoms with Crippen molar-refractivity contribution in [3.63, 3.8) is 0 Å². The van der Waals surface area contributed by atoms with Crippen LogP contribution in [-0.2, 0) is 9.53 Å². The maximum absolute atomic E-state index is 13.8. The predicted molar refractivity (Wildman–Crippen MR) is 142 cm³/mol. The number of allylic oxidation sites excluding steroid dienone is 1. The number of methoxy groups -OCH3 is 1. The molecule has 1 atom stereocenters. The fraction of sp³-hybridized carbons (Fsp3) is 0.172. The molecule has 0 saturated carbocycles. The number of furan rings is 1. The van der Waals surface area contributed by atoms with Crippen molar-refractivity contribution in [2.24, 2.45) is 4.99 Å². The first-order valence-corrected chi connectivity index (χ1v) is 12.9. The molecule has 2 aromatic heterocycles. The van der Waals surface area contributed by atoms with E-state index in [0.29, 0.717) is 43.4 Å². The average molecular weight is 544 g/mol. The summed E-state index contributed by atoms with van der Waals surface area (Å²) in [5.41, 5.74) is 1.38. The summed E-state index contributed by atoms with van der Waals surface area (Å²) in [5.74, 6) is -0.621. The number of carbonyl (C=O) groups excluding carboxylic acids is 2. The van der Waals surface area contributed by atoms with E-state index in [1.807, 2.05) is 6.07 Å². The molecule has 0 N–H and O–H groups in total. The summed E-state index contributed by atoms with van der Waals surface area (Å²) in [6.45, 7) is 3.60. The van der Waals surface area contributed by atoms with Crippen LogP contribution in [0.5, 0.6) is 5.75 Å². The highest BCUT2D eigenvalue weighted by atomic mass is 32.1. The van der Waals surface area contributed by atoms with E-state index in [4.69, 9.17) is 13.9 Å². The summed E-state index contributed by atoms with van der Waals surface area (Å²) >= 11 is 1.16. The molecule has 4 aromatic rings. The van der Waals surface area contributed by atoms with Crippen LogP contribution >= 0.6 is 11.3 Å². The first-order chi connectivity index (χ1) is 18.8. The lowest BCUT2D eigenvalue weighted by Gasteiger charge is -2.24. The molecule has 0 amide bonds. The van der Waals surface area contributed by atoms with Gasteiger partial charge in [0.15, 0.2) is 4.80 Å². The number of aromatic carboxylic acids is 1. The molecular formula is C29H23N2O7S-. The highest BCUT2D eigenvalue weighted by Crippen LogP contribution is 2.32. The molecule has 5 rings (SSSR count). The SMILES string of the molecule is CCOC(=O)C1=C(C)N=c2s/c(=C\c3ccc(-c4ccccc4C(=O)[O-])o3)c(=O)n2[C@H]1c1cccc(OC)c1. The molecule has 0 spiro atoms. The van der Waals surface area contributed by atoms with E-state index in [1.54, 1.807) is 75.6 Å². The van der Waals surface area contributed by atoms with E-state index in [1.165, 1.54) is 10.6 Å². The standard InChI is InChI=1S/C29H24N2O7S/c1-4-37-28(35)24-16(2)30-29-31(25(24)17-8-7-9-18(14-17)36-3)26(32)23(39-29)15-19-12-13-22(38-19)20-10-5-6-11-21(20)27(33)34/h5-15,25H,4H2,1-3H3,(H,33,34)/p-1/b23-15-/t25-/m0/s1. The summed E-state index contributed by atoms with van der Waals surface area (Å²) in [6, 6.07) is 16.0. The summed E-state index contributed by atoms with van der Waals surface area (Å²) in [7, 11) is 1.54. The number of nitrogens with zero attached hydrogens (tertiary/aromatic N) is 2. The van der Waals surface area contributed by atoms with Gasteiger partial charge in [0.05, 0.1) is 41.5 Å². The third kappa shape index (κ3) is 4.82. The van der Waals surface area contributed by atoms with E-state index in [-0.39, 0.29) is 23.3 Å². The van der Waals surface area contributed by atoms with E-state index in [0.717, 1.165) is 11.3 Å². The van der Waals surface area contributed by atoms with Crippen LogP contribution in [0.3, 0.4) is 0 Å². The highest BCUT2D eigenvalue weighted by molar-refractivity contribution is 7.07. The van der Waals surface area contributed by atoms with Crippen molar-refractivity contribution < 1.29 is 28.6 Å². The van der Waals surface area contributed by atoms with Crippen molar-refractivity contribution >= 4 is 29.4 Å². The molecule has 0 saturated heterocycles. The number of carbonyl (C=O) groups is 2. The number of aromatic nitrogens is 1. The quantitative estimate of drug-likeness (QED) is 0.328. The molecule has 0 radical (unpaired) electrons. The number of rotatable bonds is 7. The Balaban J connectivity index is 1.65. The first kappa shape index (κ1) is 25.9. The van der Waals surface area contributed by atoms with Gasteiger partial charge in [0.25, 0.3) is 5.56 Å². The summed E-state index contributed by atoms with van der Waals surface area (Å²) in [6.07, 6.45) is 1.57. The largest absolute Gasteiger partial charge is 0.545 e. The van der Waals surface area contributed by atoms with Crippen molar-refractivity contribution in [2.75, 3.05) is 13.7 Å². The van der Waals surface area contributed by atoms with E-state index >= 15 is 0 Å². The van der Waals surface area contributed by atoms with Crippen molar-refractivity contribution in [3.05, 3.63) is 109 Å². The maximum atomic E-state index is 13.8. The summed E-state index contributed by atoms with van der Waals surface area (Å²) in [5, 5.41) is 11.5. The number of carboxylic acids is 1. The second kappa shape index (κ2) is 10.6. The molecule has 0 bridgehead atoms. The van der Waals surface area contributed by atoms with Crippen molar-refractivity contribution in [2.45, 2.75) is 19.9 Å². The minimum absolute atomic E-state index is 0.00182. The maximum Gasteiger partial charge on any atom is 0.338 e. The van der Waals surface area contributed by atoms with Crippen LogP contribution in [0.2, 0.25) is 0 Å². The molecule has 39 heavy (non-hydrogen) atoms. The number of ether oxygens (including phenoxy) is 2. The number of fused-ring (bicyclic) bond motifs is 1. The fourth-order valence-electron chi connectivity index (χ4n) is 4.50. The average Bonchev–Trinajstić information content (AvgIpc) is 3.52. The Labute approximate surface area is 226 Å². The van der Waals surface area contributed by atoms with Gasteiger partial charge < -0.3 is 23.8 Å². The molecule has 1 aliphatic rings. The molecule has 9 nitrogen and oxygen atoms in total. The van der Waals surface area contributed by atoms with Gasteiger partial charge in [-0.2, -0.15) is 0 Å². The Kier molecular flexibility index (Phi) is 7.03. The predicted octanol–water partition coefficient (Wildman–Crippen LogP) is 2.43. The van der Waals surface area contributed by atoms with Gasteiger partial charge in [-0.3, -0.25) is 9.36 Å². The number of hydrogen-bond acceptors (Lipinski definition) is 9. The van der Waals surface area contributed by atoms with Gasteiger partial charge in [0.2, 0.25) is 0 Å². The Morgan fingerprint density at radius 3 is 2.69 bits per heavy atom. The molecule has 2 aromatic carbocycles. The van der Waals surface area contributed by atoms with Gasteiger partial charge >= 0.3 is 5.97 Å². The van der Waals surface area contributed by atoms with E-state index in [2.05, 4.69) is 4.99 Å². The number of esters is 1. The minimum atomic E-state index is -1.32. The van der Waals surface area contributed by atoms with Crippen LogP contribution < -0.4 is 24.7 Å². The molecule has 0 fully saturated rings. The van der Waals surface area contributed by atoms with Crippen LogP contribution in [0.4, 0.5) is 0 Å². The van der Waals surface area contributed by atoms with Crippen LogP contribution in [0.25, 0.3) is 17.4 Å². The lowest BCUT2D eigenvalue weighted by molar-refractivity contribution is -0.255. The molecule has 1 aliphatic heterocycles. The van der Waals surface area contributed by atoms with Crippen LogP contribution in [0, 0.1) is 0 Å². The molecule has 0 aliphatic carbocycles. The van der Waals surface area contributed by atoms with Gasteiger partial charge in [-0.1, -0.05) is 47.7 Å².